The molecule has 1 saturated heterocycles. The Morgan fingerprint density at radius 3 is 2.29 bits per heavy atom. The van der Waals surface area contributed by atoms with Crippen LogP contribution >= 0.6 is 0 Å². The van der Waals surface area contributed by atoms with Gasteiger partial charge in [0.05, 0.1) is 11.5 Å². The number of carbonyl (C=O) groups excluding carboxylic acids is 2. The maximum Gasteiger partial charge on any atom is 0.411 e. The summed E-state index contributed by atoms with van der Waals surface area (Å²) in [5.41, 5.74) is 1.91. The SMILES string of the molecule is COCCOC(=O)Nc1cccc(NC(=O)CCc2ccc(S(=O)(=O)N3CCCCC3)cc2)c1. The number of nitrogens with zero attached hydrogens (tertiary/aromatic N) is 1. The van der Waals surface area contributed by atoms with E-state index in [0.29, 0.717) is 37.5 Å². The molecule has 1 aliphatic rings. The minimum atomic E-state index is -3.46. The van der Waals surface area contributed by atoms with Crippen LogP contribution in [0, 0.1) is 0 Å². The van der Waals surface area contributed by atoms with Gasteiger partial charge in [-0.1, -0.05) is 24.6 Å². The predicted octanol–water partition coefficient (Wildman–Crippen LogP) is 3.63. The third kappa shape index (κ3) is 7.54. The molecular formula is C24H31N3O6S. The number of anilines is 2. The maximum atomic E-state index is 12.8. The van der Waals surface area contributed by atoms with Crippen LogP contribution in [0.5, 0.6) is 0 Å². The zero-order valence-corrected chi connectivity index (χ0v) is 20.1. The first-order chi connectivity index (χ1) is 16.4. The molecule has 1 fully saturated rings. The Balaban J connectivity index is 1.49. The molecule has 1 aliphatic heterocycles. The first-order valence-electron chi connectivity index (χ1n) is 11.3. The van der Waals surface area contributed by atoms with E-state index in [0.717, 1.165) is 24.8 Å². The Hall–Kier alpha value is -2.95. The highest BCUT2D eigenvalue weighted by atomic mass is 32.2. The number of hydrogen-bond acceptors (Lipinski definition) is 6. The number of rotatable bonds is 10. The fourth-order valence-electron chi connectivity index (χ4n) is 3.61. The second kappa shape index (κ2) is 12.5. The molecule has 9 nitrogen and oxygen atoms in total. The molecule has 0 radical (unpaired) electrons. The minimum absolute atomic E-state index is 0.143. The molecule has 2 aromatic rings. The van der Waals surface area contributed by atoms with E-state index in [1.54, 1.807) is 52.8 Å². The number of nitrogens with one attached hydrogen (secondary N) is 2. The van der Waals surface area contributed by atoms with Crippen LogP contribution in [0.2, 0.25) is 0 Å². The van der Waals surface area contributed by atoms with Crippen molar-refractivity contribution in [3.05, 3.63) is 54.1 Å². The Labute approximate surface area is 200 Å². The van der Waals surface area contributed by atoms with Crippen molar-refractivity contribution in [3.63, 3.8) is 0 Å². The highest BCUT2D eigenvalue weighted by Gasteiger charge is 2.25. The molecule has 2 N–H and O–H groups in total. The van der Waals surface area contributed by atoms with Gasteiger partial charge in [0.1, 0.15) is 6.61 Å². The summed E-state index contributed by atoms with van der Waals surface area (Å²) in [5, 5.41) is 5.40. The van der Waals surface area contributed by atoms with Crippen molar-refractivity contribution in [2.45, 2.75) is 37.0 Å². The van der Waals surface area contributed by atoms with Crippen molar-refractivity contribution < 1.29 is 27.5 Å². The van der Waals surface area contributed by atoms with E-state index in [4.69, 9.17) is 9.47 Å². The third-order valence-electron chi connectivity index (χ3n) is 5.43. The van der Waals surface area contributed by atoms with Crippen LogP contribution in [0.3, 0.4) is 0 Å². The molecule has 34 heavy (non-hydrogen) atoms. The van der Waals surface area contributed by atoms with Gasteiger partial charge in [-0.3, -0.25) is 10.1 Å². The van der Waals surface area contributed by atoms with E-state index in [-0.39, 0.29) is 23.8 Å². The van der Waals surface area contributed by atoms with Gasteiger partial charge in [-0.2, -0.15) is 4.31 Å². The summed E-state index contributed by atoms with van der Waals surface area (Å²) in [4.78, 5) is 24.4. The lowest BCUT2D eigenvalue weighted by atomic mass is 10.1. The molecule has 0 atom stereocenters. The number of benzene rings is 2. The molecule has 0 bridgehead atoms. The van der Waals surface area contributed by atoms with E-state index in [1.165, 1.54) is 7.11 Å². The summed E-state index contributed by atoms with van der Waals surface area (Å²) in [6.07, 6.45) is 2.95. The highest BCUT2D eigenvalue weighted by molar-refractivity contribution is 7.89. The third-order valence-corrected chi connectivity index (χ3v) is 7.34. The first kappa shape index (κ1) is 25.7. The van der Waals surface area contributed by atoms with Gasteiger partial charge in [-0.15, -0.1) is 0 Å². The minimum Gasteiger partial charge on any atom is -0.447 e. The number of methoxy groups -OCH3 is 1. The van der Waals surface area contributed by atoms with Gasteiger partial charge >= 0.3 is 6.09 Å². The molecular weight excluding hydrogens is 458 g/mol. The second-order valence-corrected chi connectivity index (χ2v) is 9.93. The average molecular weight is 490 g/mol. The van der Waals surface area contributed by atoms with Crippen molar-refractivity contribution in [1.29, 1.82) is 0 Å². The van der Waals surface area contributed by atoms with E-state index < -0.39 is 16.1 Å². The molecule has 184 valence electrons. The van der Waals surface area contributed by atoms with E-state index in [2.05, 4.69) is 10.6 Å². The second-order valence-electron chi connectivity index (χ2n) is 7.99. The summed E-state index contributed by atoms with van der Waals surface area (Å²) in [6.45, 7) is 1.58. The van der Waals surface area contributed by atoms with Gasteiger partial charge < -0.3 is 14.8 Å². The predicted molar refractivity (Wildman–Crippen MR) is 129 cm³/mol. The van der Waals surface area contributed by atoms with Crippen LogP contribution in [0.15, 0.2) is 53.4 Å². The normalized spacial score (nSPS) is 14.4. The summed E-state index contributed by atoms with van der Waals surface area (Å²) in [7, 11) is -1.94. The fraction of sp³-hybridized carbons (Fsp3) is 0.417. The lowest BCUT2D eigenvalue weighted by Gasteiger charge is -2.25. The topological polar surface area (TPSA) is 114 Å². The Morgan fingerprint density at radius 1 is 0.941 bits per heavy atom. The summed E-state index contributed by atoms with van der Waals surface area (Å²) in [5.74, 6) is -0.190. The fourth-order valence-corrected chi connectivity index (χ4v) is 5.13. The standard InChI is InChI=1S/C24H31N3O6S/c1-32-16-17-33-24(29)26-21-7-5-6-20(18-21)25-23(28)13-10-19-8-11-22(12-9-19)34(30,31)27-14-3-2-4-15-27/h5-9,11-12,18H,2-4,10,13-17H2,1H3,(H,25,28)(H,26,29). The molecule has 0 saturated carbocycles. The van der Waals surface area contributed by atoms with Crippen LogP contribution in [0.4, 0.5) is 16.2 Å². The van der Waals surface area contributed by atoms with Gasteiger partial charge in [-0.25, -0.2) is 13.2 Å². The van der Waals surface area contributed by atoms with Crippen molar-refractivity contribution in [2.24, 2.45) is 0 Å². The smallest absolute Gasteiger partial charge is 0.411 e. The molecule has 0 unspecified atom stereocenters. The number of amides is 2. The average Bonchev–Trinajstić information content (AvgIpc) is 2.84. The van der Waals surface area contributed by atoms with Gasteiger partial charge in [-0.05, 0) is 55.2 Å². The number of aryl methyl sites for hydroxylation is 1. The molecule has 2 amide bonds. The lowest BCUT2D eigenvalue weighted by molar-refractivity contribution is -0.116. The Bertz CT molecular complexity index is 1070. The molecule has 10 heteroatoms. The zero-order chi connectivity index (χ0) is 24.4. The number of ether oxygens (including phenoxy) is 2. The van der Waals surface area contributed by atoms with Crippen molar-refractivity contribution in [1.82, 2.24) is 4.31 Å². The monoisotopic (exact) mass is 489 g/mol. The van der Waals surface area contributed by atoms with E-state index in [9.17, 15) is 18.0 Å². The number of hydrogen-bond donors (Lipinski definition) is 2. The molecule has 0 aliphatic carbocycles. The van der Waals surface area contributed by atoms with Gasteiger partial charge in [0.15, 0.2) is 0 Å². The van der Waals surface area contributed by atoms with E-state index >= 15 is 0 Å². The highest BCUT2D eigenvalue weighted by Crippen LogP contribution is 2.21. The molecule has 0 spiro atoms. The molecule has 0 aromatic heterocycles. The summed E-state index contributed by atoms with van der Waals surface area (Å²) < 4.78 is 36.8. The van der Waals surface area contributed by atoms with Gasteiger partial charge in [0.25, 0.3) is 0 Å². The number of carbonyl (C=O) groups is 2. The molecule has 3 rings (SSSR count). The molecule has 2 aromatic carbocycles. The van der Waals surface area contributed by atoms with Gasteiger partial charge in [0, 0.05) is 38.0 Å². The number of piperidine rings is 1. The lowest BCUT2D eigenvalue weighted by Crippen LogP contribution is -2.35. The van der Waals surface area contributed by atoms with Crippen LogP contribution in [-0.4, -0.2) is 58.1 Å². The Kier molecular flexibility index (Phi) is 9.43. The summed E-state index contributed by atoms with van der Waals surface area (Å²) in [6, 6.07) is 13.5. The van der Waals surface area contributed by atoms with E-state index in [1.807, 2.05) is 0 Å². The van der Waals surface area contributed by atoms with Crippen molar-refractivity contribution in [2.75, 3.05) is 44.0 Å². The zero-order valence-electron chi connectivity index (χ0n) is 19.3. The van der Waals surface area contributed by atoms with Gasteiger partial charge in [0.2, 0.25) is 15.9 Å². The van der Waals surface area contributed by atoms with Crippen LogP contribution < -0.4 is 10.6 Å². The molecule has 1 heterocycles. The quantitative estimate of drug-likeness (QED) is 0.493. The van der Waals surface area contributed by atoms with Crippen molar-refractivity contribution in [3.8, 4) is 0 Å². The van der Waals surface area contributed by atoms with Crippen molar-refractivity contribution >= 4 is 33.4 Å². The number of sulfonamides is 1. The van der Waals surface area contributed by atoms with Crippen LogP contribution in [0.1, 0.15) is 31.2 Å². The van der Waals surface area contributed by atoms with Crippen LogP contribution in [-0.2, 0) is 30.7 Å². The van der Waals surface area contributed by atoms with Crippen LogP contribution in [0.25, 0.3) is 0 Å². The largest absolute Gasteiger partial charge is 0.447 e. The Morgan fingerprint density at radius 2 is 1.62 bits per heavy atom. The first-order valence-corrected chi connectivity index (χ1v) is 12.7. The maximum absolute atomic E-state index is 12.8. The summed E-state index contributed by atoms with van der Waals surface area (Å²) >= 11 is 0.